The second-order valence-corrected chi connectivity index (χ2v) is 20.3. The fourth-order valence-corrected chi connectivity index (χ4v) is 9.18. The molecule has 3 heterocycles. The van der Waals surface area contributed by atoms with E-state index in [0.717, 1.165) is 49.6 Å². The van der Waals surface area contributed by atoms with Gasteiger partial charge in [0, 0.05) is 29.2 Å². The lowest BCUT2D eigenvalue weighted by molar-refractivity contribution is -0.146. The highest BCUT2D eigenvalue weighted by atomic mass is 35.5. The first-order valence-electron chi connectivity index (χ1n) is 24.4. The van der Waals surface area contributed by atoms with Gasteiger partial charge in [0.15, 0.2) is 17.5 Å². The standard InChI is InChI=1S/C56H51Cl2N5O18/c1-56(2,3)81-55(76)63-44-29-20-40(79-38-14-10-26(16-33(38)57)17-35(52(72)73)59-54(75)78-24-25-8-6-5-7-9-25)48(68)41(21-29)80-39-15-12-28(19-34(39)58)47(67)46-51(71)61-45(53(74)77-4)32-22-30(64)23-37(66)42(32)31-18-27(11-13-36(31)65)43(49(69)62-46)60-50(44)70/h5-16,18-23,35,43-47,64-68H,17,24H2,1-4H3,(H,59,75)(H,60,70)(H,61,71)(H,62,69)(H,63,76)(H,72,73)/t35-,43-,44-,45+,46+,47-/m1/s1. The highest BCUT2D eigenvalue weighted by molar-refractivity contribution is 6.32. The van der Waals surface area contributed by atoms with Crippen LogP contribution in [0.25, 0.3) is 11.1 Å². The Morgan fingerprint density at radius 3 is 2.12 bits per heavy atom. The number of carbonyl (C=O) groups is 7. The van der Waals surface area contributed by atoms with Gasteiger partial charge in [-0.2, -0.15) is 0 Å². The fraction of sp³-hybridized carbons (Fsp3) is 0.232. The van der Waals surface area contributed by atoms with Crippen molar-refractivity contribution in [3.05, 3.63) is 153 Å². The Kier molecular flexibility index (Phi) is 17.0. The van der Waals surface area contributed by atoms with Crippen molar-refractivity contribution in [2.75, 3.05) is 7.11 Å². The SMILES string of the molecule is COC(=O)[C@H]1NC(=O)[C@H]2NC(=O)[C@H](NC(=O)[C@H](NC(=O)OC(C)(C)C)c3cc(Oc4ccc(C[C@@H](NC(=O)OCc5ccccc5)C(=O)O)cc4Cl)c(O)c(c3)Oc3ccc(cc3Cl)[C@H]2O)c2ccc(O)c(c2)-c2c(O)cc(O)cc21. The predicted molar refractivity (Wildman–Crippen MR) is 286 cm³/mol. The number of aliphatic hydroxyl groups excluding tert-OH is 1. The van der Waals surface area contributed by atoms with Gasteiger partial charge in [-0.3, -0.25) is 14.4 Å². The van der Waals surface area contributed by atoms with E-state index in [-0.39, 0.29) is 68.0 Å². The number of carboxylic acid groups (broad SMARTS) is 1. The van der Waals surface area contributed by atoms with Crippen molar-refractivity contribution in [3.8, 4) is 57.1 Å². The molecule has 0 radical (unpaired) electrons. The number of aromatic hydroxyl groups is 4. The summed E-state index contributed by atoms with van der Waals surface area (Å²) in [5.74, 6) is -10.2. The third kappa shape index (κ3) is 13.4. The van der Waals surface area contributed by atoms with Crippen molar-refractivity contribution < 1.29 is 87.9 Å². The highest BCUT2D eigenvalue weighted by Crippen LogP contribution is 2.47. The molecule has 8 bridgehead atoms. The lowest BCUT2D eigenvalue weighted by atomic mass is 9.89. The summed E-state index contributed by atoms with van der Waals surface area (Å²) in [5.41, 5.74) is -1.71. The molecule has 6 aromatic carbocycles. The Labute approximate surface area is 470 Å². The second kappa shape index (κ2) is 23.9. The number of aliphatic carboxylic acids is 1. The van der Waals surface area contributed by atoms with Crippen LogP contribution in [0.1, 0.15) is 78.4 Å². The molecule has 3 aliphatic heterocycles. The van der Waals surface area contributed by atoms with Crippen molar-refractivity contribution in [1.29, 1.82) is 0 Å². The molecule has 3 aliphatic rings. The van der Waals surface area contributed by atoms with Crippen LogP contribution in [0.4, 0.5) is 9.59 Å². The molecule has 422 valence electrons. The number of ether oxygens (including phenoxy) is 5. The van der Waals surface area contributed by atoms with Gasteiger partial charge >= 0.3 is 24.1 Å². The number of methoxy groups -OCH3 is 1. The monoisotopic (exact) mass is 1150 g/mol. The second-order valence-electron chi connectivity index (χ2n) is 19.4. The van der Waals surface area contributed by atoms with Gasteiger partial charge in [-0.25, -0.2) is 19.2 Å². The number of halogens is 2. The molecule has 23 nitrogen and oxygen atoms in total. The van der Waals surface area contributed by atoms with E-state index >= 15 is 4.79 Å². The maximum absolute atomic E-state index is 15.1. The number of phenols is 4. The number of aliphatic hydroxyl groups is 1. The number of carbonyl (C=O) groups excluding carboxylic acids is 6. The predicted octanol–water partition coefficient (Wildman–Crippen LogP) is 7.29. The van der Waals surface area contributed by atoms with Gasteiger partial charge in [0.1, 0.15) is 71.2 Å². The van der Waals surface area contributed by atoms with E-state index in [1.807, 2.05) is 0 Å². The summed E-state index contributed by atoms with van der Waals surface area (Å²) in [7, 11) is 0.981. The Bertz CT molecular complexity index is 3480. The molecule has 0 saturated carbocycles. The van der Waals surface area contributed by atoms with E-state index in [2.05, 4.69) is 26.6 Å². The Morgan fingerprint density at radius 2 is 1.44 bits per heavy atom. The molecule has 0 spiro atoms. The summed E-state index contributed by atoms with van der Waals surface area (Å²) in [6.45, 7) is 4.49. The van der Waals surface area contributed by atoms with Crippen molar-refractivity contribution in [3.63, 3.8) is 0 Å². The summed E-state index contributed by atoms with van der Waals surface area (Å²) >= 11 is 13.5. The Morgan fingerprint density at radius 1 is 0.716 bits per heavy atom. The number of hydrogen-bond acceptors (Lipinski definition) is 17. The van der Waals surface area contributed by atoms with Gasteiger partial charge in [-0.1, -0.05) is 71.7 Å². The van der Waals surface area contributed by atoms with Crippen LogP contribution in [0.3, 0.4) is 0 Å². The van der Waals surface area contributed by atoms with Gasteiger partial charge in [0.05, 0.1) is 17.2 Å². The molecule has 0 saturated heterocycles. The number of fused-ring (bicyclic) bond motifs is 8. The number of amides is 5. The largest absolute Gasteiger partial charge is 0.508 e. The third-order valence-electron chi connectivity index (χ3n) is 12.5. The van der Waals surface area contributed by atoms with Crippen LogP contribution in [0.2, 0.25) is 10.0 Å². The molecule has 0 aliphatic carbocycles. The quantitative estimate of drug-likeness (QED) is 0.0474. The first-order valence-corrected chi connectivity index (χ1v) is 25.2. The van der Waals surface area contributed by atoms with E-state index in [4.69, 9.17) is 46.9 Å². The maximum atomic E-state index is 15.1. The Hall–Kier alpha value is -9.45. The van der Waals surface area contributed by atoms with E-state index in [1.165, 1.54) is 57.2 Å². The smallest absolute Gasteiger partial charge is 0.408 e. The average molecular weight is 1150 g/mol. The number of phenolic OH excluding ortho intramolecular Hbond substituents is 4. The van der Waals surface area contributed by atoms with E-state index < -0.39 is 118 Å². The minimum Gasteiger partial charge on any atom is -0.508 e. The van der Waals surface area contributed by atoms with Crippen molar-refractivity contribution in [1.82, 2.24) is 26.6 Å². The highest BCUT2D eigenvalue weighted by Gasteiger charge is 2.40. The lowest BCUT2D eigenvalue weighted by Crippen LogP contribution is -2.55. The zero-order valence-corrected chi connectivity index (χ0v) is 44.6. The van der Waals surface area contributed by atoms with Crippen molar-refractivity contribution in [2.24, 2.45) is 0 Å². The number of nitrogens with one attached hydrogen (secondary N) is 5. The molecule has 6 aromatic rings. The van der Waals surface area contributed by atoms with Gasteiger partial charge in [0.25, 0.3) is 0 Å². The molecule has 6 atom stereocenters. The number of esters is 1. The molecule has 0 fully saturated rings. The third-order valence-corrected chi connectivity index (χ3v) is 13.1. The van der Waals surface area contributed by atoms with Crippen LogP contribution in [-0.4, -0.2) is 97.3 Å². The molecule has 0 unspecified atom stereocenters. The van der Waals surface area contributed by atoms with Crippen LogP contribution in [0.15, 0.2) is 109 Å². The van der Waals surface area contributed by atoms with E-state index in [0.29, 0.717) is 11.1 Å². The van der Waals surface area contributed by atoms with E-state index in [9.17, 15) is 59.4 Å². The maximum Gasteiger partial charge on any atom is 0.408 e. The summed E-state index contributed by atoms with van der Waals surface area (Å²) in [6.07, 6.45) is -4.51. The minimum atomic E-state index is -2.07. The average Bonchev–Trinajstić information content (AvgIpc) is 3.50. The molecule has 5 amide bonds. The summed E-state index contributed by atoms with van der Waals surface area (Å²) < 4.78 is 28.0. The van der Waals surface area contributed by atoms with Gasteiger partial charge < -0.3 is 80.9 Å². The zero-order chi connectivity index (χ0) is 58.6. The molecule has 11 N–H and O–H groups in total. The number of rotatable bonds is 10. The van der Waals surface area contributed by atoms with Gasteiger partial charge in [-0.05, 0) is 103 Å². The summed E-state index contributed by atoms with van der Waals surface area (Å²) in [6, 6.07) is 14.6. The van der Waals surface area contributed by atoms with Gasteiger partial charge in [-0.15, -0.1) is 0 Å². The Balaban J connectivity index is 1.24. The lowest BCUT2D eigenvalue weighted by Gasteiger charge is -2.31. The minimum absolute atomic E-state index is 0.123. The topological polar surface area (TPSA) is 347 Å². The normalized spacial score (nSPS) is 18.2. The molecule has 9 rings (SSSR count). The van der Waals surface area contributed by atoms with Crippen LogP contribution in [0, 0.1) is 0 Å². The van der Waals surface area contributed by atoms with Crippen molar-refractivity contribution in [2.45, 2.75) is 75.7 Å². The summed E-state index contributed by atoms with van der Waals surface area (Å²) in [4.78, 5) is 96.8. The number of benzene rings is 6. The molecular formula is C56H51Cl2N5O18. The van der Waals surface area contributed by atoms with Crippen molar-refractivity contribution >= 4 is 65.0 Å². The molecular weight excluding hydrogens is 1100 g/mol. The van der Waals surface area contributed by atoms with Gasteiger partial charge in [0.2, 0.25) is 23.5 Å². The van der Waals surface area contributed by atoms with E-state index in [1.54, 1.807) is 30.3 Å². The number of hydrogen-bond donors (Lipinski definition) is 11. The number of alkyl carbamates (subject to hydrolysis) is 2. The molecule has 25 heteroatoms. The van der Waals surface area contributed by atoms with Crippen LogP contribution >= 0.6 is 23.2 Å². The zero-order valence-electron chi connectivity index (χ0n) is 43.1. The number of carboxylic acids is 1. The molecule has 0 aromatic heterocycles. The molecule has 81 heavy (non-hydrogen) atoms. The van der Waals surface area contributed by atoms with Crippen LogP contribution in [-0.2, 0) is 51.2 Å². The first-order chi connectivity index (χ1) is 38.4. The first kappa shape index (κ1) is 57.7. The summed E-state index contributed by atoms with van der Waals surface area (Å²) in [5, 5.41) is 79.2. The van der Waals surface area contributed by atoms with Crippen LogP contribution < -0.4 is 36.1 Å². The fourth-order valence-electron chi connectivity index (χ4n) is 8.71. The van der Waals surface area contributed by atoms with Crippen LogP contribution in [0.5, 0.6) is 46.0 Å².